The molecule has 5 heteroatoms. The van der Waals surface area contributed by atoms with Crippen LogP contribution in [0.5, 0.6) is 0 Å². The number of pyridine rings is 1. The van der Waals surface area contributed by atoms with E-state index in [1.54, 1.807) is 12.3 Å². The van der Waals surface area contributed by atoms with Crippen molar-refractivity contribution in [3.63, 3.8) is 0 Å². The van der Waals surface area contributed by atoms with E-state index in [1.807, 2.05) is 44.4 Å². The molecule has 1 heterocycles. The summed E-state index contributed by atoms with van der Waals surface area (Å²) in [5.41, 5.74) is 1.85. The monoisotopic (exact) mass is 258 g/mol. The summed E-state index contributed by atoms with van der Waals surface area (Å²) in [4.78, 5) is 14.5. The van der Waals surface area contributed by atoms with Crippen LogP contribution in [0.25, 0.3) is 0 Å². The fourth-order valence-electron chi connectivity index (χ4n) is 2.16. The SMILES string of the molecule is C[N+](C)(Cc1ccccc1)c1ccncc1[N+](=O)[O-]. The number of hydrogen-bond acceptors (Lipinski definition) is 3. The molecule has 0 radical (unpaired) electrons. The molecule has 0 aliphatic rings. The molecule has 0 unspecified atom stereocenters. The van der Waals surface area contributed by atoms with Crippen LogP contribution in [0.3, 0.4) is 0 Å². The maximum atomic E-state index is 11.1. The van der Waals surface area contributed by atoms with Gasteiger partial charge in [0.05, 0.1) is 19.0 Å². The minimum atomic E-state index is -0.382. The predicted molar refractivity (Wildman–Crippen MR) is 74.7 cm³/mol. The molecular weight excluding hydrogens is 242 g/mol. The summed E-state index contributed by atoms with van der Waals surface area (Å²) < 4.78 is 0.406. The van der Waals surface area contributed by atoms with Crippen molar-refractivity contribution in [2.45, 2.75) is 6.54 Å². The second-order valence-electron chi connectivity index (χ2n) is 4.95. The van der Waals surface area contributed by atoms with Gasteiger partial charge in [0.25, 0.3) is 0 Å². The molecule has 1 aromatic carbocycles. The number of hydrogen-bond donors (Lipinski definition) is 0. The number of aromatic nitrogens is 1. The third-order valence-corrected chi connectivity index (χ3v) is 3.05. The molecule has 0 aliphatic carbocycles. The molecule has 0 aliphatic heterocycles. The first kappa shape index (κ1) is 13.2. The van der Waals surface area contributed by atoms with Crippen LogP contribution in [0.4, 0.5) is 11.4 Å². The zero-order valence-corrected chi connectivity index (χ0v) is 11.0. The van der Waals surface area contributed by atoms with Crippen LogP contribution >= 0.6 is 0 Å². The van der Waals surface area contributed by atoms with Crippen LogP contribution in [0.2, 0.25) is 0 Å². The van der Waals surface area contributed by atoms with E-state index in [9.17, 15) is 10.1 Å². The van der Waals surface area contributed by atoms with E-state index in [4.69, 9.17) is 0 Å². The van der Waals surface area contributed by atoms with Gasteiger partial charge in [-0.2, -0.15) is 0 Å². The summed E-state index contributed by atoms with van der Waals surface area (Å²) >= 11 is 0. The lowest BCUT2D eigenvalue weighted by atomic mass is 10.2. The van der Waals surface area contributed by atoms with Crippen molar-refractivity contribution in [3.05, 3.63) is 64.5 Å². The highest BCUT2D eigenvalue weighted by atomic mass is 16.6. The van der Waals surface area contributed by atoms with Crippen LogP contribution in [-0.2, 0) is 6.54 Å². The van der Waals surface area contributed by atoms with Crippen LogP contribution in [0.1, 0.15) is 5.56 Å². The van der Waals surface area contributed by atoms with Crippen molar-refractivity contribution in [1.29, 1.82) is 0 Å². The highest BCUT2D eigenvalue weighted by Gasteiger charge is 2.29. The van der Waals surface area contributed by atoms with Gasteiger partial charge >= 0.3 is 5.69 Å². The predicted octanol–water partition coefficient (Wildman–Crippen LogP) is 2.76. The molecule has 2 aromatic rings. The third kappa shape index (κ3) is 2.95. The molecule has 0 spiro atoms. The van der Waals surface area contributed by atoms with E-state index in [-0.39, 0.29) is 10.6 Å². The Kier molecular flexibility index (Phi) is 3.57. The van der Waals surface area contributed by atoms with E-state index >= 15 is 0 Å². The second-order valence-corrected chi connectivity index (χ2v) is 4.95. The molecule has 0 N–H and O–H groups in total. The van der Waals surface area contributed by atoms with E-state index in [0.717, 1.165) is 5.56 Å². The van der Waals surface area contributed by atoms with Crippen molar-refractivity contribution < 1.29 is 4.92 Å². The van der Waals surface area contributed by atoms with Crippen molar-refractivity contribution in [1.82, 2.24) is 9.47 Å². The van der Waals surface area contributed by atoms with Gasteiger partial charge in [0.15, 0.2) is 0 Å². The standard InChI is InChI=1S/C14H16N3O2/c1-17(2,11-12-6-4-3-5-7-12)14-8-9-15-10-13(14)16(18)19/h3-10H,11H2,1-2H3/q+1. The maximum Gasteiger partial charge on any atom is 0.347 e. The number of nitro groups is 1. The lowest BCUT2D eigenvalue weighted by Crippen LogP contribution is -2.40. The van der Waals surface area contributed by atoms with E-state index in [1.165, 1.54) is 6.20 Å². The Bertz CT molecular complexity index is 582. The maximum absolute atomic E-state index is 11.1. The summed E-state index contributed by atoms with van der Waals surface area (Å²) in [6.45, 7) is 0.686. The van der Waals surface area contributed by atoms with Crippen LogP contribution in [0, 0.1) is 10.1 Å². The Morgan fingerprint density at radius 1 is 1.21 bits per heavy atom. The molecular formula is C14H16N3O2+. The fraction of sp³-hybridized carbons (Fsp3) is 0.214. The number of benzene rings is 1. The molecule has 98 valence electrons. The average molecular weight is 258 g/mol. The average Bonchev–Trinajstić information content (AvgIpc) is 2.39. The molecule has 0 atom stereocenters. The summed E-state index contributed by atoms with van der Waals surface area (Å²) in [5, 5.41) is 11.1. The summed E-state index contributed by atoms with van der Waals surface area (Å²) in [7, 11) is 3.91. The molecule has 0 fully saturated rings. The molecule has 0 amide bonds. The normalized spacial score (nSPS) is 11.3. The molecule has 5 nitrogen and oxygen atoms in total. The molecule has 2 rings (SSSR count). The smallest absolute Gasteiger partial charge is 0.286 e. The minimum Gasteiger partial charge on any atom is -0.286 e. The number of quaternary nitrogens is 1. The van der Waals surface area contributed by atoms with Crippen molar-refractivity contribution in [3.8, 4) is 0 Å². The first-order valence-electron chi connectivity index (χ1n) is 5.96. The zero-order chi connectivity index (χ0) is 13.9. The highest BCUT2D eigenvalue weighted by molar-refractivity contribution is 5.58. The summed E-state index contributed by atoms with van der Waals surface area (Å²) in [6.07, 6.45) is 2.90. The Morgan fingerprint density at radius 3 is 2.53 bits per heavy atom. The lowest BCUT2D eigenvalue weighted by molar-refractivity contribution is -0.385. The third-order valence-electron chi connectivity index (χ3n) is 3.05. The quantitative estimate of drug-likeness (QED) is 0.481. The van der Waals surface area contributed by atoms with Gasteiger partial charge in [0, 0.05) is 17.8 Å². The highest BCUT2D eigenvalue weighted by Crippen LogP contribution is 2.31. The van der Waals surface area contributed by atoms with E-state index in [2.05, 4.69) is 4.98 Å². The van der Waals surface area contributed by atoms with Crippen molar-refractivity contribution >= 4 is 11.4 Å². The van der Waals surface area contributed by atoms with Crippen molar-refractivity contribution in [2.24, 2.45) is 0 Å². The largest absolute Gasteiger partial charge is 0.347 e. The molecule has 1 aromatic heterocycles. The van der Waals surface area contributed by atoms with Gasteiger partial charge in [-0.25, -0.2) is 0 Å². The van der Waals surface area contributed by atoms with Gasteiger partial charge in [-0.1, -0.05) is 30.3 Å². The molecule has 19 heavy (non-hydrogen) atoms. The van der Waals surface area contributed by atoms with Crippen molar-refractivity contribution in [2.75, 3.05) is 14.1 Å². The van der Waals surface area contributed by atoms with Gasteiger partial charge in [0.1, 0.15) is 12.7 Å². The Labute approximate surface area is 111 Å². The molecule has 0 saturated heterocycles. The van der Waals surface area contributed by atoms with Crippen LogP contribution < -0.4 is 4.48 Å². The topological polar surface area (TPSA) is 56.0 Å². The first-order chi connectivity index (χ1) is 9.00. The number of nitrogens with zero attached hydrogens (tertiary/aromatic N) is 3. The Hall–Kier alpha value is -2.27. The van der Waals surface area contributed by atoms with Gasteiger partial charge in [-0.3, -0.25) is 19.6 Å². The van der Waals surface area contributed by atoms with E-state index < -0.39 is 0 Å². The Morgan fingerprint density at radius 2 is 1.89 bits per heavy atom. The number of rotatable bonds is 4. The van der Waals surface area contributed by atoms with E-state index in [0.29, 0.717) is 16.7 Å². The molecule has 0 saturated carbocycles. The minimum absolute atomic E-state index is 0.0587. The lowest BCUT2D eigenvalue weighted by Gasteiger charge is -2.28. The fourth-order valence-corrected chi connectivity index (χ4v) is 2.16. The van der Waals surface area contributed by atoms with Crippen LogP contribution in [0.15, 0.2) is 48.8 Å². The second kappa shape index (κ2) is 5.16. The summed E-state index contributed by atoms with van der Waals surface area (Å²) in [6, 6.07) is 11.6. The van der Waals surface area contributed by atoms with Gasteiger partial charge in [0.2, 0.25) is 5.69 Å². The molecule has 0 bridgehead atoms. The van der Waals surface area contributed by atoms with Gasteiger partial charge in [-0.15, -0.1) is 0 Å². The Balaban J connectivity index is 2.37. The van der Waals surface area contributed by atoms with Crippen LogP contribution in [-0.4, -0.2) is 24.0 Å². The zero-order valence-electron chi connectivity index (χ0n) is 11.0. The van der Waals surface area contributed by atoms with Gasteiger partial charge in [-0.05, 0) is 0 Å². The first-order valence-corrected chi connectivity index (χ1v) is 5.96. The summed E-state index contributed by atoms with van der Waals surface area (Å²) in [5.74, 6) is 0. The van der Waals surface area contributed by atoms with Gasteiger partial charge < -0.3 is 0 Å².